The predicted molar refractivity (Wildman–Crippen MR) is 127 cm³/mol. The zero-order valence-electron chi connectivity index (χ0n) is 18.4. The minimum atomic E-state index is -3.71. The molecule has 0 saturated carbocycles. The molecule has 5 aromatic rings. The lowest BCUT2D eigenvalue weighted by Crippen LogP contribution is -2.18. The molecule has 5 rings (SSSR count). The highest BCUT2D eigenvalue weighted by molar-refractivity contribution is 7.90. The average Bonchev–Trinajstić information content (AvgIpc) is 3.36. The van der Waals surface area contributed by atoms with Gasteiger partial charge >= 0.3 is 0 Å². The Hall–Kier alpha value is -4.31. The fourth-order valence-electron chi connectivity index (χ4n) is 3.89. The van der Waals surface area contributed by atoms with Crippen molar-refractivity contribution in [2.24, 2.45) is 0 Å². The standard InChI is InChI=1S/C25H18FN3O5S/c1-33-23-8-4-16(20-3-2-11-27-25(20)26)14-22(23)29-21-7-6-19(13-17(21)5-9-24(29)30)35(31,32)15-18-10-12-34-28-18/h2-14H,15H2,1H3. The Morgan fingerprint density at radius 1 is 1.06 bits per heavy atom. The van der Waals surface area contributed by atoms with Crippen LogP contribution in [0, 0.1) is 5.95 Å². The molecule has 10 heteroatoms. The van der Waals surface area contributed by atoms with Crippen LogP contribution in [0.3, 0.4) is 0 Å². The van der Waals surface area contributed by atoms with E-state index < -0.39 is 15.8 Å². The third kappa shape index (κ3) is 4.19. The number of ether oxygens (including phenoxy) is 1. The molecular weight excluding hydrogens is 473 g/mol. The maximum atomic E-state index is 14.3. The molecule has 0 radical (unpaired) electrons. The number of sulfone groups is 1. The Bertz CT molecular complexity index is 1710. The van der Waals surface area contributed by atoms with Crippen LogP contribution >= 0.6 is 0 Å². The van der Waals surface area contributed by atoms with Crippen LogP contribution in [0.1, 0.15) is 5.69 Å². The molecule has 0 bridgehead atoms. The van der Waals surface area contributed by atoms with Gasteiger partial charge in [-0.3, -0.25) is 9.36 Å². The number of fused-ring (bicyclic) bond motifs is 1. The molecule has 0 fully saturated rings. The summed E-state index contributed by atoms with van der Waals surface area (Å²) in [6.07, 6.45) is 2.66. The van der Waals surface area contributed by atoms with E-state index in [2.05, 4.69) is 10.1 Å². The van der Waals surface area contributed by atoms with E-state index in [-0.39, 0.29) is 21.8 Å². The van der Waals surface area contributed by atoms with Crippen molar-refractivity contribution in [2.75, 3.05) is 7.11 Å². The number of hydrogen-bond acceptors (Lipinski definition) is 7. The smallest absolute Gasteiger partial charge is 0.255 e. The van der Waals surface area contributed by atoms with Gasteiger partial charge in [0, 0.05) is 29.3 Å². The number of aromatic nitrogens is 3. The molecule has 0 aliphatic carbocycles. The van der Waals surface area contributed by atoms with Crippen LogP contribution in [0.15, 0.2) is 93.4 Å². The van der Waals surface area contributed by atoms with E-state index >= 15 is 0 Å². The van der Waals surface area contributed by atoms with Crippen molar-refractivity contribution in [3.8, 4) is 22.6 Å². The first-order valence-corrected chi connectivity index (χ1v) is 12.1. The van der Waals surface area contributed by atoms with Gasteiger partial charge in [0.2, 0.25) is 5.95 Å². The van der Waals surface area contributed by atoms with E-state index in [1.165, 1.54) is 48.4 Å². The number of rotatable bonds is 6. The summed E-state index contributed by atoms with van der Waals surface area (Å²) in [7, 11) is -2.24. The third-order valence-electron chi connectivity index (χ3n) is 5.54. The Morgan fingerprint density at radius 2 is 1.91 bits per heavy atom. The Balaban J connectivity index is 1.67. The van der Waals surface area contributed by atoms with Gasteiger partial charge in [0.1, 0.15) is 17.8 Å². The average molecular weight is 492 g/mol. The number of methoxy groups -OCH3 is 1. The van der Waals surface area contributed by atoms with E-state index in [1.807, 2.05) is 0 Å². The van der Waals surface area contributed by atoms with Gasteiger partial charge in [-0.1, -0.05) is 11.2 Å². The first kappa shape index (κ1) is 22.5. The lowest BCUT2D eigenvalue weighted by molar-refractivity contribution is 0.413. The fraction of sp³-hybridized carbons (Fsp3) is 0.0800. The summed E-state index contributed by atoms with van der Waals surface area (Å²) in [5.74, 6) is -0.576. The van der Waals surface area contributed by atoms with E-state index in [9.17, 15) is 17.6 Å². The highest BCUT2D eigenvalue weighted by Gasteiger charge is 2.19. The van der Waals surface area contributed by atoms with Crippen molar-refractivity contribution in [2.45, 2.75) is 10.6 Å². The van der Waals surface area contributed by atoms with Crippen molar-refractivity contribution < 1.29 is 22.1 Å². The molecule has 35 heavy (non-hydrogen) atoms. The SMILES string of the molecule is COc1ccc(-c2cccnc2F)cc1-n1c(=O)ccc2cc(S(=O)(=O)Cc3ccon3)ccc21. The summed E-state index contributed by atoms with van der Waals surface area (Å²) in [6, 6.07) is 17.0. The maximum Gasteiger partial charge on any atom is 0.255 e. The normalized spacial score (nSPS) is 11.6. The highest BCUT2D eigenvalue weighted by atomic mass is 32.2. The molecule has 8 nitrogen and oxygen atoms in total. The van der Waals surface area contributed by atoms with Gasteiger partial charge in [-0.25, -0.2) is 13.4 Å². The summed E-state index contributed by atoms with van der Waals surface area (Å²) in [5, 5.41) is 4.19. The number of benzene rings is 2. The Labute approximate surface area is 199 Å². The van der Waals surface area contributed by atoms with Crippen molar-refractivity contribution in [3.05, 3.63) is 101 Å². The highest BCUT2D eigenvalue weighted by Crippen LogP contribution is 2.32. The summed E-state index contributed by atoms with van der Waals surface area (Å²) in [5.41, 5.74) is 1.53. The monoisotopic (exact) mass is 491 g/mol. The van der Waals surface area contributed by atoms with Crippen LogP contribution in [0.25, 0.3) is 27.7 Å². The number of hydrogen-bond donors (Lipinski definition) is 0. The molecule has 0 saturated heterocycles. The molecule has 176 valence electrons. The second-order valence-corrected chi connectivity index (χ2v) is 9.70. The topological polar surface area (TPSA) is 104 Å². The molecule has 0 amide bonds. The molecule has 3 heterocycles. The zero-order valence-corrected chi connectivity index (χ0v) is 19.2. The molecule has 0 spiro atoms. The van der Waals surface area contributed by atoms with Crippen molar-refractivity contribution in [1.82, 2.24) is 14.7 Å². The summed E-state index contributed by atoms with van der Waals surface area (Å²) >= 11 is 0. The molecule has 2 aromatic carbocycles. The van der Waals surface area contributed by atoms with Gasteiger partial charge in [-0.15, -0.1) is 0 Å². The number of nitrogens with zero attached hydrogens (tertiary/aromatic N) is 3. The van der Waals surface area contributed by atoms with Gasteiger partial charge < -0.3 is 9.26 Å². The minimum Gasteiger partial charge on any atom is -0.495 e. The molecule has 0 unspecified atom stereocenters. The summed E-state index contributed by atoms with van der Waals surface area (Å²) in [4.78, 5) is 16.8. The van der Waals surface area contributed by atoms with Crippen molar-refractivity contribution in [1.29, 1.82) is 0 Å². The quantitative estimate of drug-likeness (QED) is 0.329. The lowest BCUT2D eigenvalue weighted by Gasteiger charge is -2.16. The first-order chi connectivity index (χ1) is 16.9. The molecule has 0 atom stereocenters. The second-order valence-electron chi connectivity index (χ2n) is 7.71. The van der Waals surface area contributed by atoms with Crippen LogP contribution in [0.4, 0.5) is 4.39 Å². The molecule has 3 aromatic heterocycles. The van der Waals surface area contributed by atoms with Crippen LogP contribution in [0.2, 0.25) is 0 Å². The van der Waals surface area contributed by atoms with Crippen molar-refractivity contribution >= 4 is 20.7 Å². The van der Waals surface area contributed by atoms with Crippen LogP contribution < -0.4 is 10.3 Å². The van der Waals surface area contributed by atoms with Gasteiger partial charge in [0.25, 0.3) is 5.56 Å². The molecule has 0 aliphatic heterocycles. The first-order valence-electron chi connectivity index (χ1n) is 10.4. The predicted octanol–water partition coefficient (Wildman–Crippen LogP) is 4.16. The van der Waals surface area contributed by atoms with Crippen LogP contribution in [-0.4, -0.2) is 30.2 Å². The zero-order chi connectivity index (χ0) is 24.6. The molecule has 0 aliphatic rings. The maximum absolute atomic E-state index is 14.3. The van der Waals surface area contributed by atoms with Gasteiger partial charge in [0.05, 0.1) is 28.9 Å². The number of halogens is 1. The molecular formula is C25H18FN3O5S. The van der Waals surface area contributed by atoms with Crippen LogP contribution in [-0.2, 0) is 15.6 Å². The third-order valence-corrected chi connectivity index (χ3v) is 7.19. The fourth-order valence-corrected chi connectivity index (χ4v) is 5.18. The Kier molecular flexibility index (Phi) is 5.65. The molecule has 0 N–H and O–H groups in total. The van der Waals surface area contributed by atoms with Gasteiger partial charge in [-0.05, 0) is 54.1 Å². The van der Waals surface area contributed by atoms with Crippen molar-refractivity contribution in [3.63, 3.8) is 0 Å². The van der Waals surface area contributed by atoms with E-state index in [4.69, 9.17) is 9.26 Å². The van der Waals surface area contributed by atoms with E-state index in [0.717, 1.165) is 0 Å². The van der Waals surface area contributed by atoms with Gasteiger partial charge in [0.15, 0.2) is 9.84 Å². The van der Waals surface area contributed by atoms with E-state index in [0.29, 0.717) is 33.6 Å². The lowest BCUT2D eigenvalue weighted by atomic mass is 10.1. The van der Waals surface area contributed by atoms with Crippen LogP contribution in [0.5, 0.6) is 5.75 Å². The summed E-state index contributed by atoms with van der Waals surface area (Å²) in [6.45, 7) is 0. The second kappa shape index (κ2) is 8.80. The summed E-state index contributed by atoms with van der Waals surface area (Å²) < 4.78 is 51.7. The van der Waals surface area contributed by atoms with Gasteiger partial charge in [-0.2, -0.15) is 4.39 Å². The Morgan fingerprint density at radius 3 is 2.66 bits per heavy atom. The largest absolute Gasteiger partial charge is 0.495 e. The number of pyridine rings is 2. The minimum absolute atomic E-state index is 0.0799. The van der Waals surface area contributed by atoms with E-state index in [1.54, 1.807) is 42.5 Å².